The molecule has 0 atom stereocenters. The fourth-order valence-electron chi connectivity index (χ4n) is 1.56. The Morgan fingerprint density at radius 2 is 2.00 bits per heavy atom. The summed E-state index contributed by atoms with van der Waals surface area (Å²) in [5.74, 6) is -1.83. The van der Waals surface area contributed by atoms with Crippen LogP contribution in [0.3, 0.4) is 0 Å². The van der Waals surface area contributed by atoms with E-state index in [0.29, 0.717) is 18.7 Å². The first kappa shape index (κ1) is 15.8. The molecule has 7 heteroatoms. The minimum Gasteiger partial charge on any atom is -0.338 e. The van der Waals surface area contributed by atoms with Crippen LogP contribution in [-0.2, 0) is 6.18 Å². The number of carbonyl (C=O) groups is 1. The van der Waals surface area contributed by atoms with E-state index in [1.807, 2.05) is 0 Å². The Balaban J connectivity index is 3.12. The molecular formula is C12H12ClF4NO. The van der Waals surface area contributed by atoms with Crippen LogP contribution in [0.15, 0.2) is 18.2 Å². The van der Waals surface area contributed by atoms with Crippen molar-refractivity contribution in [2.24, 2.45) is 0 Å². The second-order valence-electron chi connectivity index (χ2n) is 3.77. The van der Waals surface area contributed by atoms with Crippen molar-refractivity contribution in [3.05, 3.63) is 35.1 Å². The fourth-order valence-corrected chi connectivity index (χ4v) is 1.77. The lowest BCUT2D eigenvalue weighted by atomic mass is 10.1. The van der Waals surface area contributed by atoms with E-state index in [1.54, 1.807) is 6.92 Å². The summed E-state index contributed by atoms with van der Waals surface area (Å²) in [6.07, 6.45) is -4.83. The van der Waals surface area contributed by atoms with Gasteiger partial charge in [-0.15, -0.1) is 11.6 Å². The van der Waals surface area contributed by atoms with Crippen LogP contribution in [0, 0.1) is 5.82 Å². The van der Waals surface area contributed by atoms with Crippen LogP contribution in [0.5, 0.6) is 0 Å². The molecule has 0 saturated heterocycles. The van der Waals surface area contributed by atoms with Crippen LogP contribution in [0.2, 0.25) is 0 Å². The highest BCUT2D eigenvalue weighted by Gasteiger charge is 2.34. The molecule has 1 aromatic carbocycles. The monoisotopic (exact) mass is 297 g/mol. The summed E-state index contributed by atoms with van der Waals surface area (Å²) >= 11 is 5.50. The van der Waals surface area contributed by atoms with Gasteiger partial charge in [-0.3, -0.25) is 4.79 Å². The van der Waals surface area contributed by atoms with Crippen molar-refractivity contribution in [3.63, 3.8) is 0 Å². The van der Waals surface area contributed by atoms with E-state index in [4.69, 9.17) is 11.6 Å². The van der Waals surface area contributed by atoms with Gasteiger partial charge in [0.05, 0.1) is 5.56 Å². The van der Waals surface area contributed by atoms with Crippen LogP contribution in [0.4, 0.5) is 17.6 Å². The number of halogens is 5. The van der Waals surface area contributed by atoms with Gasteiger partial charge in [-0.2, -0.15) is 13.2 Å². The minimum absolute atomic E-state index is 0.174. The van der Waals surface area contributed by atoms with Crippen LogP contribution >= 0.6 is 11.6 Å². The summed E-state index contributed by atoms with van der Waals surface area (Å²) in [5.41, 5.74) is -1.65. The molecule has 1 aromatic rings. The SMILES string of the molecule is CCN(CCCl)C(=O)c1ccc(F)c(C(F)(F)F)c1. The Hall–Kier alpha value is -1.30. The van der Waals surface area contributed by atoms with Crippen LogP contribution in [0.25, 0.3) is 0 Å². The predicted octanol–water partition coefficient (Wildman–Crippen LogP) is 3.55. The molecule has 106 valence electrons. The number of hydrogen-bond donors (Lipinski definition) is 0. The normalized spacial score (nSPS) is 11.5. The van der Waals surface area contributed by atoms with E-state index >= 15 is 0 Å². The standard InChI is InChI=1S/C12H12ClF4NO/c1-2-18(6-5-13)11(19)8-3-4-10(14)9(7-8)12(15,16)17/h3-4,7H,2,5-6H2,1H3. The van der Waals surface area contributed by atoms with Gasteiger partial charge < -0.3 is 4.90 Å². The summed E-state index contributed by atoms with van der Waals surface area (Å²) < 4.78 is 50.7. The lowest BCUT2D eigenvalue weighted by molar-refractivity contribution is -0.140. The Morgan fingerprint density at radius 1 is 1.37 bits per heavy atom. The van der Waals surface area contributed by atoms with Crippen molar-refractivity contribution in [3.8, 4) is 0 Å². The third kappa shape index (κ3) is 3.83. The van der Waals surface area contributed by atoms with E-state index in [-0.39, 0.29) is 18.0 Å². The van der Waals surface area contributed by atoms with Crippen LogP contribution in [0.1, 0.15) is 22.8 Å². The first-order valence-corrected chi connectivity index (χ1v) is 6.06. The van der Waals surface area contributed by atoms with Crippen molar-refractivity contribution >= 4 is 17.5 Å². The van der Waals surface area contributed by atoms with Crippen LogP contribution < -0.4 is 0 Å². The number of nitrogens with zero attached hydrogens (tertiary/aromatic N) is 1. The molecule has 0 fully saturated rings. The zero-order valence-corrected chi connectivity index (χ0v) is 10.9. The number of carbonyl (C=O) groups excluding carboxylic acids is 1. The Kier molecular flexibility index (Phi) is 5.17. The van der Waals surface area contributed by atoms with Gasteiger partial charge in [0.15, 0.2) is 0 Å². The third-order valence-corrected chi connectivity index (χ3v) is 2.71. The Bertz CT molecular complexity index is 462. The van der Waals surface area contributed by atoms with E-state index < -0.39 is 23.5 Å². The summed E-state index contributed by atoms with van der Waals surface area (Å²) in [5, 5.41) is 0. The molecule has 0 spiro atoms. The number of amides is 1. The molecule has 1 rings (SSSR count). The highest BCUT2D eigenvalue weighted by Crippen LogP contribution is 2.32. The highest BCUT2D eigenvalue weighted by molar-refractivity contribution is 6.18. The second-order valence-corrected chi connectivity index (χ2v) is 4.14. The lowest BCUT2D eigenvalue weighted by Gasteiger charge is -2.20. The van der Waals surface area contributed by atoms with Gasteiger partial charge in [0.2, 0.25) is 0 Å². The van der Waals surface area contributed by atoms with E-state index in [1.165, 1.54) is 4.90 Å². The molecule has 0 aliphatic carbocycles. The summed E-state index contributed by atoms with van der Waals surface area (Å²) in [4.78, 5) is 13.2. The molecule has 0 aliphatic heterocycles. The zero-order valence-electron chi connectivity index (χ0n) is 10.1. The van der Waals surface area contributed by atoms with Crippen molar-refractivity contribution in [1.29, 1.82) is 0 Å². The minimum atomic E-state index is -4.83. The van der Waals surface area contributed by atoms with Gasteiger partial charge in [-0.05, 0) is 25.1 Å². The van der Waals surface area contributed by atoms with E-state index in [2.05, 4.69) is 0 Å². The molecule has 2 nitrogen and oxygen atoms in total. The molecule has 0 unspecified atom stereocenters. The van der Waals surface area contributed by atoms with Crippen molar-refractivity contribution in [2.75, 3.05) is 19.0 Å². The number of benzene rings is 1. The first-order valence-electron chi connectivity index (χ1n) is 5.53. The largest absolute Gasteiger partial charge is 0.419 e. The van der Waals surface area contributed by atoms with Gasteiger partial charge >= 0.3 is 6.18 Å². The third-order valence-electron chi connectivity index (χ3n) is 2.54. The average Bonchev–Trinajstić information content (AvgIpc) is 2.34. The van der Waals surface area contributed by atoms with Gasteiger partial charge in [0.25, 0.3) is 5.91 Å². The topological polar surface area (TPSA) is 20.3 Å². The first-order chi connectivity index (χ1) is 8.81. The number of hydrogen-bond acceptors (Lipinski definition) is 1. The Morgan fingerprint density at radius 3 is 2.47 bits per heavy atom. The smallest absolute Gasteiger partial charge is 0.338 e. The van der Waals surface area contributed by atoms with Crippen molar-refractivity contribution < 1.29 is 22.4 Å². The maximum absolute atomic E-state index is 13.1. The van der Waals surface area contributed by atoms with Gasteiger partial charge in [0.1, 0.15) is 5.82 Å². The molecule has 1 amide bonds. The van der Waals surface area contributed by atoms with Crippen LogP contribution in [-0.4, -0.2) is 29.8 Å². The molecule has 0 bridgehead atoms. The maximum atomic E-state index is 13.1. The lowest BCUT2D eigenvalue weighted by Crippen LogP contribution is -2.32. The predicted molar refractivity (Wildman–Crippen MR) is 63.7 cm³/mol. The zero-order chi connectivity index (χ0) is 14.6. The Labute approximate surface area is 113 Å². The van der Waals surface area contributed by atoms with E-state index in [0.717, 1.165) is 6.07 Å². The van der Waals surface area contributed by atoms with Gasteiger partial charge in [-0.25, -0.2) is 4.39 Å². The number of alkyl halides is 4. The summed E-state index contributed by atoms with van der Waals surface area (Å²) in [6.45, 7) is 2.21. The van der Waals surface area contributed by atoms with Gasteiger partial charge in [0, 0.05) is 24.5 Å². The highest BCUT2D eigenvalue weighted by atomic mass is 35.5. The second kappa shape index (κ2) is 6.23. The molecule has 19 heavy (non-hydrogen) atoms. The van der Waals surface area contributed by atoms with Gasteiger partial charge in [-0.1, -0.05) is 0 Å². The maximum Gasteiger partial charge on any atom is 0.419 e. The fraction of sp³-hybridized carbons (Fsp3) is 0.417. The van der Waals surface area contributed by atoms with Crippen molar-refractivity contribution in [2.45, 2.75) is 13.1 Å². The van der Waals surface area contributed by atoms with Crippen molar-refractivity contribution in [1.82, 2.24) is 4.90 Å². The molecule has 0 N–H and O–H groups in total. The molecular weight excluding hydrogens is 286 g/mol. The summed E-state index contributed by atoms with van der Waals surface area (Å²) in [7, 11) is 0. The molecule has 0 aromatic heterocycles. The molecule has 0 heterocycles. The summed E-state index contributed by atoms with van der Waals surface area (Å²) in [6, 6.07) is 2.20. The average molecular weight is 298 g/mol. The molecule has 0 radical (unpaired) electrons. The van der Waals surface area contributed by atoms with E-state index in [9.17, 15) is 22.4 Å². The number of rotatable bonds is 4. The molecule has 0 aliphatic rings. The molecule has 0 saturated carbocycles. The quantitative estimate of drug-likeness (QED) is 0.615.